The molecule has 3 rings (SSSR count). The zero-order chi connectivity index (χ0) is 21.8. The van der Waals surface area contributed by atoms with Gasteiger partial charge in [-0.15, -0.1) is 11.8 Å². The summed E-state index contributed by atoms with van der Waals surface area (Å²) in [7, 11) is 1.67. The van der Waals surface area contributed by atoms with Crippen molar-refractivity contribution in [2.75, 3.05) is 32.5 Å². The molecule has 2 heterocycles. The molecule has 1 atom stereocenters. The zero-order valence-corrected chi connectivity index (χ0v) is 19.4. The van der Waals surface area contributed by atoms with Crippen LogP contribution in [-0.2, 0) is 16.0 Å². The molecule has 166 valence electrons. The lowest BCUT2D eigenvalue weighted by Gasteiger charge is -2.40. The molecule has 2 saturated heterocycles. The Balaban J connectivity index is 1.44. The summed E-state index contributed by atoms with van der Waals surface area (Å²) >= 11 is 1.83. The second-order valence-corrected chi connectivity index (χ2v) is 10.9. The number of carbonyl (C=O) groups is 2. The maximum atomic E-state index is 12.7. The highest BCUT2D eigenvalue weighted by atomic mass is 32.2. The van der Waals surface area contributed by atoms with Gasteiger partial charge in [-0.25, -0.2) is 0 Å². The molecule has 2 amide bonds. The molecule has 1 unspecified atom stereocenters. The summed E-state index contributed by atoms with van der Waals surface area (Å²) in [6.45, 7) is 8.41. The number of ether oxygens (including phenoxy) is 1. The molecule has 6 nitrogen and oxygen atoms in total. The van der Waals surface area contributed by atoms with Crippen LogP contribution in [0.3, 0.4) is 0 Å². The number of nitrogens with one attached hydrogen (secondary N) is 2. The Kier molecular flexibility index (Phi) is 7.34. The molecule has 0 aliphatic carbocycles. The van der Waals surface area contributed by atoms with Crippen LogP contribution in [0.5, 0.6) is 5.75 Å². The zero-order valence-electron chi connectivity index (χ0n) is 18.6. The van der Waals surface area contributed by atoms with Gasteiger partial charge >= 0.3 is 0 Å². The topological polar surface area (TPSA) is 70.7 Å². The van der Waals surface area contributed by atoms with Crippen LogP contribution in [0.1, 0.15) is 45.6 Å². The number of piperidine rings is 1. The van der Waals surface area contributed by atoms with Gasteiger partial charge in [-0.05, 0) is 36.3 Å². The van der Waals surface area contributed by atoms with Gasteiger partial charge in [0.2, 0.25) is 11.8 Å². The lowest BCUT2D eigenvalue weighted by molar-refractivity contribution is -0.134. The van der Waals surface area contributed by atoms with Gasteiger partial charge in [0.25, 0.3) is 0 Å². The molecule has 2 N–H and O–H groups in total. The number of hydrogen-bond donors (Lipinski definition) is 2. The van der Waals surface area contributed by atoms with E-state index in [1.54, 1.807) is 7.11 Å². The van der Waals surface area contributed by atoms with Gasteiger partial charge < -0.3 is 15.0 Å². The Morgan fingerprint density at radius 2 is 1.97 bits per heavy atom. The lowest BCUT2D eigenvalue weighted by Crippen LogP contribution is -2.54. The molecule has 2 fully saturated rings. The number of amides is 2. The molecule has 1 aromatic rings. The number of nitrogens with zero attached hydrogens (tertiary/aromatic N) is 1. The Morgan fingerprint density at radius 1 is 1.27 bits per heavy atom. The van der Waals surface area contributed by atoms with Gasteiger partial charge in [-0.2, -0.15) is 0 Å². The third-order valence-corrected chi connectivity index (χ3v) is 7.35. The van der Waals surface area contributed by atoms with Crippen molar-refractivity contribution in [3.8, 4) is 5.75 Å². The highest BCUT2D eigenvalue weighted by molar-refractivity contribution is 8.01. The summed E-state index contributed by atoms with van der Waals surface area (Å²) in [5.41, 5.74) is 1.11. The van der Waals surface area contributed by atoms with Crippen molar-refractivity contribution in [2.24, 2.45) is 5.41 Å². The fraction of sp³-hybridized carbons (Fsp3) is 0.652. The predicted octanol–water partition coefficient (Wildman–Crippen LogP) is 2.81. The first-order valence-electron chi connectivity index (χ1n) is 10.8. The van der Waals surface area contributed by atoms with Crippen LogP contribution in [0, 0.1) is 5.41 Å². The van der Waals surface area contributed by atoms with Crippen LogP contribution in [0.15, 0.2) is 24.3 Å². The van der Waals surface area contributed by atoms with Crippen LogP contribution in [-0.4, -0.2) is 60.1 Å². The van der Waals surface area contributed by atoms with E-state index in [0.717, 1.165) is 49.4 Å². The van der Waals surface area contributed by atoms with Crippen molar-refractivity contribution in [3.63, 3.8) is 0 Å². The maximum absolute atomic E-state index is 12.7. The van der Waals surface area contributed by atoms with E-state index in [2.05, 4.69) is 31.4 Å². The van der Waals surface area contributed by atoms with E-state index in [4.69, 9.17) is 4.74 Å². The molecule has 7 heteroatoms. The van der Waals surface area contributed by atoms with E-state index < -0.39 is 0 Å². The van der Waals surface area contributed by atoms with Crippen LogP contribution in [0.2, 0.25) is 0 Å². The molecule has 2 aliphatic heterocycles. The monoisotopic (exact) mass is 433 g/mol. The molecule has 0 bridgehead atoms. The quantitative estimate of drug-likeness (QED) is 0.722. The standard InChI is InChI=1S/C23H35N3O3S/c1-22(2,3)15-20(27)26-13-10-23(11-14-26)25-18(16-30-23)21(28)24-12-9-17-7-5-6-8-19(17)29-4/h5-8,18,25H,9-16H2,1-4H3,(H,24,28). The summed E-state index contributed by atoms with van der Waals surface area (Å²) < 4.78 is 5.37. The Labute approximate surface area is 184 Å². The third-order valence-electron chi connectivity index (χ3n) is 5.77. The highest BCUT2D eigenvalue weighted by Crippen LogP contribution is 2.39. The molecule has 0 saturated carbocycles. The molecular weight excluding hydrogens is 398 g/mol. The Hall–Kier alpha value is -1.73. The van der Waals surface area contributed by atoms with Crippen molar-refractivity contribution in [1.29, 1.82) is 0 Å². The summed E-state index contributed by atoms with van der Waals surface area (Å²) in [6, 6.07) is 7.72. The minimum atomic E-state index is -0.176. The number of likely N-dealkylation sites (tertiary alicyclic amines) is 1. The van der Waals surface area contributed by atoms with Gasteiger partial charge in [0.05, 0.1) is 18.0 Å². The van der Waals surface area contributed by atoms with Crippen molar-refractivity contribution in [1.82, 2.24) is 15.5 Å². The van der Waals surface area contributed by atoms with Gasteiger partial charge in [-0.3, -0.25) is 14.9 Å². The number of para-hydroxylation sites is 1. The lowest BCUT2D eigenvalue weighted by atomic mass is 9.91. The van der Waals surface area contributed by atoms with Gasteiger partial charge in [0.1, 0.15) is 5.75 Å². The number of benzene rings is 1. The van der Waals surface area contributed by atoms with Crippen LogP contribution < -0.4 is 15.4 Å². The van der Waals surface area contributed by atoms with Crippen LogP contribution >= 0.6 is 11.8 Å². The van der Waals surface area contributed by atoms with Crippen molar-refractivity contribution in [3.05, 3.63) is 29.8 Å². The number of hydrogen-bond acceptors (Lipinski definition) is 5. The van der Waals surface area contributed by atoms with E-state index in [-0.39, 0.29) is 28.1 Å². The average Bonchev–Trinajstić information content (AvgIpc) is 3.11. The summed E-state index contributed by atoms with van der Waals surface area (Å²) in [5.74, 6) is 1.93. The molecule has 30 heavy (non-hydrogen) atoms. The van der Waals surface area contributed by atoms with E-state index in [1.807, 2.05) is 40.9 Å². The number of methoxy groups -OCH3 is 1. The fourth-order valence-electron chi connectivity index (χ4n) is 4.11. The molecule has 1 spiro atoms. The predicted molar refractivity (Wildman–Crippen MR) is 122 cm³/mol. The first-order valence-corrected chi connectivity index (χ1v) is 11.8. The minimum Gasteiger partial charge on any atom is -0.496 e. The first kappa shape index (κ1) is 22.9. The normalized spacial score (nSPS) is 20.9. The van der Waals surface area contributed by atoms with E-state index >= 15 is 0 Å². The minimum absolute atomic E-state index is 0.0134. The number of rotatable bonds is 6. The van der Waals surface area contributed by atoms with Gasteiger partial charge in [0.15, 0.2) is 0 Å². The number of thioether (sulfide) groups is 1. The van der Waals surface area contributed by atoms with Crippen molar-refractivity contribution < 1.29 is 14.3 Å². The summed E-state index contributed by atoms with van der Waals surface area (Å²) in [6.07, 6.45) is 3.10. The number of carbonyl (C=O) groups excluding carboxylic acids is 2. The van der Waals surface area contributed by atoms with E-state index in [0.29, 0.717) is 13.0 Å². The van der Waals surface area contributed by atoms with Crippen molar-refractivity contribution >= 4 is 23.6 Å². The van der Waals surface area contributed by atoms with E-state index in [9.17, 15) is 9.59 Å². The van der Waals surface area contributed by atoms with Crippen molar-refractivity contribution in [2.45, 2.75) is 57.4 Å². The second-order valence-electron chi connectivity index (χ2n) is 9.47. The Morgan fingerprint density at radius 3 is 2.63 bits per heavy atom. The van der Waals surface area contributed by atoms with Crippen LogP contribution in [0.4, 0.5) is 0 Å². The second kappa shape index (κ2) is 9.60. The highest BCUT2D eigenvalue weighted by Gasteiger charge is 2.44. The molecule has 2 aliphatic rings. The molecule has 0 aromatic heterocycles. The molecular formula is C23H35N3O3S. The van der Waals surface area contributed by atoms with Gasteiger partial charge in [-0.1, -0.05) is 39.0 Å². The first-order chi connectivity index (χ1) is 14.2. The smallest absolute Gasteiger partial charge is 0.238 e. The molecule has 0 radical (unpaired) electrons. The summed E-state index contributed by atoms with van der Waals surface area (Å²) in [4.78, 5) is 27.1. The van der Waals surface area contributed by atoms with E-state index in [1.165, 1.54) is 0 Å². The van der Waals surface area contributed by atoms with Crippen LogP contribution in [0.25, 0.3) is 0 Å². The third kappa shape index (κ3) is 5.91. The Bertz CT molecular complexity index is 754. The van der Waals surface area contributed by atoms with Gasteiger partial charge in [0, 0.05) is 31.8 Å². The largest absolute Gasteiger partial charge is 0.496 e. The SMILES string of the molecule is COc1ccccc1CCNC(=O)C1CSC2(CCN(C(=O)CC(C)(C)C)CC2)N1. The summed E-state index contributed by atoms with van der Waals surface area (Å²) in [5, 5.41) is 6.64. The molecule has 1 aromatic carbocycles. The average molecular weight is 434 g/mol. The maximum Gasteiger partial charge on any atom is 0.238 e. The fourth-order valence-corrected chi connectivity index (χ4v) is 5.53.